The van der Waals surface area contributed by atoms with Crippen molar-refractivity contribution < 1.29 is 4.79 Å². The molecular weight excluding hydrogens is 358 g/mol. The lowest BCUT2D eigenvalue weighted by Gasteiger charge is -1.98. The fraction of sp³-hybridized carbons (Fsp3) is 0.154. The third-order valence-electron chi connectivity index (χ3n) is 2.70. The highest BCUT2D eigenvalue weighted by Gasteiger charge is 2.16. The molecule has 0 spiro atoms. The first-order valence-corrected chi connectivity index (χ1v) is 8.27. The number of carbonyl (C=O) groups is 1. The van der Waals surface area contributed by atoms with Crippen LogP contribution in [0.15, 0.2) is 22.7 Å². The molecule has 3 aromatic rings. The van der Waals surface area contributed by atoms with Crippen molar-refractivity contribution in [2.24, 2.45) is 0 Å². The second-order valence-electron chi connectivity index (χ2n) is 4.21. The summed E-state index contributed by atoms with van der Waals surface area (Å²) >= 11 is 6.31. The number of hydrogen-bond donors (Lipinski definition) is 1. The molecule has 0 radical (unpaired) electrons. The van der Waals surface area contributed by atoms with Crippen molar-refractivity contribution in [2.75, 3.05) is 5.32 Å². The maximum Gasteiger partial charge on any atom is 0.269 e. The van der Waals surface area contributed by atoms with Gasteiger partial charge in [0.25, 0.3) is 5.91 Å². The van der Waals surface area contributed by atoms with Crippen LogP contribution in [0.2, 0.25) is 0 Å². The Morgan fingerprint density at radius 3 is 2.70 bits per heavy atom. The minimum Gasteiger partial charge on any atom is -0.297 e. The molecule has 0 unspecified atom stereocenters. The Balaban J connectivity index is 1.91. The van der Waals surface area contributed by atoms with Gasteiger partial charge in [0, 0.05) is 4.47 Å². The van der Waals surface area contributed by atoms with Crippen LogP contribution in [0.25, 0.3) is 10.2 Å². The summed E-state index contributed by atoms with van der Waals surface area (Å²) in [6, 6.07) is 5.87. The Morgan fingerprint density at radius 2 is 2.05 bits per heavy atom. The second kappa shape index (κ2) is 5.23. The Hall–Kier alpha value is -1.31. The Morgan fingerprint density at radius 1 is 1.25 bits per heavy atom. The number of amides is 1. The molecule has 1 aromatic carbocycles. The first kappa shape index (κ1) is 13.7. The fourth-order valence-electron chi connectivity index (χ4n) is 1.86. The minimum atomic E-state index is -0.150. The summed E-state index contributed by atoms with van der Waals surface area (Å²) in [5.74, 6) is -0.150. The zero-order valence-corrected chi connectivity index (χ0v) is 13.9. The summed E-state index contributed by atoms with van der Waals surface area (Å²) in [7, 11) is 0. The van der Waals surface area contributed by atoms with Crippen molar-refractivity contribution in [2.45, 2.75) is 13.8 Å². The number of thiazole rings is 2. The van der Waals surface area contributed by atoms with Crippen LogP contribution in [0, 0.1) is 13.8 Å². The van der Waals surface area contributed by atoms with Crippen LogP contribution >= 0.6 is 38.6 Å². The zero-order valence-electron chi connectivity index (χ0n) is 10.7. The summed E-state index contributed by atoms with van der Waals surface area (Å²) in [6.45, 7) is 3.73. The molecule has 0 aliphatic carbocycles. The van der Waals surface area contributed by atoms with Gasteiger partial charge in [-0.05, 0) is 41.9 Å². The van der Waals surface area contributed by atoms with Crippen molar-refractivity contribution in [3.63, 3.8) is 0 Å². The van der Waals surface area contributed by atoms with Crippen molar-refractivity contribution in [1.29, 1.82) is 0 Å². The van der Waals surface area contributed by atoms with Crippen LogP contribution in [0.1, 0.15) is 20.4 Å². The van der Waals surface area contributed by atoms with Crippen molar-refractivity contribution in [3.8, 4) is 0 Å². The van der Waals surface area contributed by atoms with Gasteiger partial charge in [-0.25, -0.2) is 9.97 Å². The molecule has 0 aliphatic heterocycles. The minimum absolute atomic E-state index is 0.150. The van der Waals surface area contributed by atoms with Crippen molar-refractivity contribution >= 4 is 59.9 Å². The predicted molar refractivity (Wildman–Crippen MR) is 86.9 cm³/mol. The largest absolute Gasteiger partial charge is 0.297 e. The van der Waals surface area contributed by atoms with Gasteiger partial charge >= 0.3 is 0 Å². The van der Waals surface area contributed by atoms with Gasteiger partial charge in [0.05, 0.1) is 20.9 Å². The second-order valence-corrected chi connectivity index (χ2v) is 7.30. The molecule has 2 heterocycles. The third kappa shape index (κ3) is 2.48. The Kier molecular flexibility index (Phi) is 3.57. The van der Waals surface area contributed by atoms with Crippen LogP contribution in [0.3, 0.4) is 0 Å². The highest BCUT2D eigenvalue weighted by atomic mass is 79.9. The molecule has 0 saturated carbocycles. The van der Waals surface area contributed by atoms with Gasteiger partial charge in [-0.1, -0.05) is 17.4 Å². The van der Waals surface area contributed by atoms with E-state index in [2.05, 4.69) is 31.2 Å². The summed E-state index contributed by atoms with van der Waals surface area (Å²) in [6.07, 6.45) is 0. The van der Waals surface area contributed by atoms with Crippen LogP contribution in [0.5, 0.6) is 0 Å². The van der Waals surface area contributed by atoms with Gasteiger partial charge in [-0.3, -0.25) is 10.1 Å². The lowest BCUT2D eigenvalue weighted by molar-refractivity contribution is 0.103. The highest BCUT2D eigenvalue weighted by Crippen LogP contribution is 2.31. The quantitative estimate of drug-likeness (QED) is 0.730. The average Bonchev–Trinajstić information content (AvgIpc) is 2.93. The molecule has 2 aromatic heterocycles. The zero-order chi connectivity index (χ0) is 14.3. The molecule has 0 fully saturated rings. The molecule has 1 amide bonds. The number of rotatable bonds is 2. The SMILES string of the molecule is Cc1nc(C)c(C(=O)Nc2nc3c(Br)cccc3s2)s1. The summed E-state index contributed by atoms with van der Waals surface area (Å²) in [5, 5.41) is 4.34. The molecule has 0 bridgehead atoms. The number of carbonyl (C=O) groups excluding carboxylic acids is 1. The van der Waals surface area contributed by atoms with Gasteiger partial charge < -0.3 is 0 Å². The molecule has 0 saturated heterocycles. The van der Waals surface area contributed by atoms with E-state index in [1.807, 2.05) is 32.0 Å². The van der Waals surface area contributed by atoms with E-state index in [4.69, 9.17) is 0 Å². The Labute approximate surface area is 132 Å². The smallest absolute Gasteiger partial charge is 0.269 e. The van der Waals surface area contributed by atoms with E-state index in [0.717, 1.165) is 25.4 Å². The molecule has 0 atom stereocenters. The van der Waals surface area contributed by atoms with Gasteiger partial charge in [-0.2, -0.15) is 0 Å². The highest BCUT2D eigenvalue weighted by molar-refractivity contribution is 9.10. The predicted octanol–water partition coefficient (Wildman–Crippen LogP) is 4.38. The molecule has 20 heavy (non-hydrogen) atoms. The van der Waals surface area contributed by atoms with Crippen LogP contribution in [-0.2, 0) is 0 Å². The lowest BCUT2D eigenvalue weighted by atomic mass is 10.3. The van der Waals surface area contributed by atoms with Crippen LogP contribution in [0.4, 0.5) is 5.13 Å². The van der Waals surface area contributed by atoms with Crippen LogP contribution in [-0.4, -0.2) is 15.9 Å². The van der Waals surface area contributed by atoms with Crippen molar-refractivity contribution in [3.05, 3.63) is 38.3 Å². The number of aryl methyl sites for hydroxylation is 2. The van der Waals surface area contributed by atoms with E-state index in [0.29, 0.717) is 10.0 Å². The van der Waals surface area contributed by atoms with E-state index in [-0.39, 0.29) is 5.91 Å². The summed E-state index contributed by atoms with van der Waals surface area (Å²) in [5.41, 5.74) is 1.62. The maximum atomic E-state index is 12.2. The number of benzene rings is 1. The van der Waals surface area contributed by atoms with Crippen molar-refractivity contribution in [1.82, 2.24) is 9.97 Å². The van der Waals surface area contributed by atoms with E-state index >= 15 is 0 Å². The monoisotopic (exact) mass is 367 g/mol. The number of anilines is 1. The molecule has 3 rings (SSSR count). The van der Waals surface area contributed by atoms with E-state index < -0.39 is 0 Å². The van der Waals surface area contributed by atoms with Gasteiger partial charge in [0.15, 0.2) is 5.13 Å². The van der Waals surface area contributed by atoms with E-state index in [9.17, 15) is 4.79 Å². The van der Waals surface area contributed by atoms with Gasteiger partial charge in [-0.15, -0.1) is 11.3 Å². The summed E-state index contributed by atoms with van der Waals surface area (Å²) in [4.78, 5) is 21.6. The number of nitrogens with zero attached hydrogens (tertiary/aromatic N) is 2. The van der Waals surface area contributed by atoms with Gasteiger partial charge in [0.1, 0.15) is 4.88 Å². The number of halogens is 1. The first-order valence-electron chi connectivity index (χ1n) is 5.85. The molecular formula is C13H10BrN3OS2. The summed E-state index contributed by atoms with van der Waals surface area (Å²) < 4.78 is 1.96. The number of fused-ring (bicyclic) bond motifs is 1. The number of aromatic nitrogens is 2. The Bertz CT molecular complexity index is 809. The molecule has 7 heteroatoms. The number of nitrogens with one attached hydrogen (secondary N) is 1. The van der Waals surface area contributed by atoms with E-state index in [1.165, 1.54) is 22.7 Å². The molecule has 0 aliphatic rings. The van der Waals surface area contributed by atoms with Crippen LogP contribution < -0.4 is 5.32 Å². The molecule has 4 nitrogen and oxygen atoms in total. The first-order chi connectivity index (χ1) is 9.54. The van der Waals surface area contributed by atoms with E-state index in [1.54, 1.807) is 0 Å². The normalized spacial score (nSPS) is 10.9. The lowest BCUT2D eigenvalue weighted by Crippen LogP contribution is -2.11. The average molecular weight is 368 g/mol. The standard InChI is InChI=1S/C13H10BrN3OS2/c1-6-11(19-7(2)15-6)12(18)17-13-16-10-8(14)4-3-5-9(10)20-13/h3-5H,1-2H3,(H,16,17,18). The van der Waals surface area contributed by atoms with Gasteiger partial charge in [0.2, 0.25) is 0 Å². The maximum absolute atomic E-state index is 12.2. The number of para-hydroxylation sites is 1. The fourth-order valence-corrected chi connectivity index (χ4v) is 4.15. The topological polar surface area (TPSA) is 54.9 Å². The molecule has 1 N–H and O–H groups in total. The third-order valence-corrected chi connectivity index (χ3v) is 5.35. The molecule has 102 valence electrons. The number of hydrogen-bond acceptors (Lipinski definition) is 5.